The lowest BCUT2D eigenvalue weighted by molar-refractivity contribution is -0.119. The minimum Gasteiger partial charge on any atom is -0.355 e. The first-order chi connectivity index (χ1) is 7.83. The van der Waals surface area contributed by atoms with Crippen LogP contribution in [0, 0.1) is 0 Å². The Hall–Kier alpha value is -1.83. The number of fused-ring (bicyclic) bond motifs is 1. The van der Waals surface area contributed by atoms with Crippen LogP contribution in [-0.2, 0) is 4.79 Å². The van der Waals surface area contributed by atoms with E-state index in [2.05, 4.69) is 35.6 Å². The summed E-state index contributed by atoms with van der Waals surface area (Å²) < 4.78 is 0. The maximum atomic E-state index is 11.2. The van der Waals surface area contributed by atoms with Gasteiger partial charge in [-0.1, -0.05) is 42.5 Å². The number of hydrogen-bond donors (Lipinski definition) is 1. The van der Waals surface area contributed by atoms with E-state index in [1.165, 1.54) is 16.3 Å². The highest BCUT2D eigenvalue weighted by Gasteiger charge is 2.22. The number of benzene rings is 2. The summed E-state index contributed by atoms with van der Waals surface area (Å²) in [6.07, 6.45) is 0.623. The fourth-order valence-electron chi connectivity index (χ4n) is 2.30. The maximum absolute atomic E-state index is 11.2. The fraction of sp³-hybridized carbons (Fsp3) is 0.214. The predicted molar refractivity (Wildman–Crippen MR) is 64.3 cm³/mol. The molecule has 1 N–H and O–H groups in total. The molecule has 0 spiro atoms. The van der Waals surface area contributed by atoms with Crippen molar-refractivity contribution in [3.63, 3.8) is 0 Å². The van der Waals surface area contributed by atoms with Crippen molar-refractivity contribution < 1.29 is 4.79 Å². The largest absolute Gasteiger partial charge is 0.355 e. The van der Waals surface area contributed by atoms with Crippen LogP contribution in [0.3, 0.4) is 0 Å². The van der Waals surface area contributed by atoms with Gasteiger partial charge >= 0.3 is 0 Å². The van der Waals surface area contributed by atoms with E-state index >= 15 is 0 Å². The van der Waals surface area contributed by atoms with Crippen LogP contribution in [0.25, 0.3) is 10.8 Å². The predicted octanol–water partition coefficient (Wildman–Crippen LogP) is 2.44. The van der Waals surface area contributed by atoms with Gasteiger partial charge in [-0.05, 0) is 16.3 Å². The van der Waals surface area contributed by atoms with E-state index in [1.807, 2.05) is 12.1 Å². The second-order valence-electron chi connectivity index (χ2n) is 4.31. The molecule has 3 rings (SSSR count). The van der Waals surface area contributed by atoms with E-state index in [9.17, 15) is 4.79 Å². The topological polar surface area (TPSA) is 29.1 Å². The fourth-order valence-corrected chi connectivity index (χ4v) is 2.30. The van der Waals surface area contributed by atoms with E-state index in [-0.39, 0.29) is 5.91 Å². The molecule has 2 aromatic rings. The molecule has 0 aromatic heterocycles. The molecule has 2 nitrogen and oxygen atoms in total. The molecule has 1 amide bonds. The van der Waals surface area contributed by atoms with Crippen LogP contribution in [0.15, 0.2) is 42.5 Å². The lowest BCUT2D eigenvalue weighted by atomic mass is 9.96. The molecule has 16 heavy (non-hydrogen) atoms. The Balaban J connectivity index is 2.02. The van der Waals surface area contributed by atoms with Gasteiger partial charge in [0.2, 0.25) is 5.91 Å². The van der Waals surface area contributed by atoms with Crippen LogP contribution in [-0.4, -0.2) is 12.5 Å². The number of carbonyl (C=O) groups excluding carboxylic acids is 1. The van der Waals surface area contributed by atoms with Gasteiger partial charge < -0.3 is 5.32 Å². The molecule has 80 valence electrons. The van der Waals surface area contributed by atoms with Gasteiger partial charge in [0.25, 0.3) is 0 Å². The Morgan fingerprint density at radius 1 is 1.06 bits per heavy atom. The standard InChI is InChI=1S/C14H13NO/c16-14-8-13(9-15-14)12-6-5-10-3-1-2-4-11(10)7-12/h1-7,13H,8-9H2,(H,15,16)/t13-/m0/s1. The monoisotopic (exact) mass is 211 g/mol. The summed E-state index contributed by atoms with van der Waals surface area (Å²) in [5.74, 6) is 0.510. The first-order valence-electron chi connectivity index (χ1n) is 5.58. The second-order valence-corrected chi connectivity index (χ2v) is 4.31. The van der Waals surface area contributed by atoms with Crippen LogP contribution in [0.2, 0.25) is 0 Å². The van der Waals surface area contributed by atoms with Gasteiger partial charge in [0.05, 0.1) is 0 Å². The first-order valence-corrected chi connectivity index (χ1v) is 5.58. The van der Waals surface area contributed by atoms with Crippen molar-refractivity contribution in [2.24, 2.45) is 0 Å². The molecule has 0 unspecified atom stereocenters. The summed E-state index contributed by atoms with van der Waals surface area (Å²) in [6.45, 7) is 0.775. The molecule has 0 saturated carbocycles. The number of rotatable bonds is 1. The smallest absolute Gasteiger partial charge is 0.220 e. The van der Waals surface area contributed by atoms with Crippen molar-refractivity contribution in [3.05, 3.63) is 48.0 Å². The maximum Gasteiger partial charge on any atom is 0.220 e. The van der Waals surface area contributed by atoms with E-state index < -0.39 is 0 Å². The van der Waals surface area contributed by atoms with Crippen LogP contribution in [0.4, 0.5) is 0 Å². The third-order valence-corrected chi connectivity index (χ3v) is 3.22. The first kappa shape index (κ1) is 9.40. The van der Waals surface area contributed by atoms with Crippen molar-refractivity contribution in [2.45, 2.75) is 12.3 Å². The number of amides is 1. The molecule has 1 aliphatic rings. The molecule has 1 aliphatic heterocycles. The molecular formula is C14H13NO. The quantitative estimate of drug-likeness (QED) is 0.771. The zero-order chi connectivity index (χ0) is 11.0. The Kier molecular flexibility index (Phi) is 2.13. The average Bonchev–Trinajstić information content (AvgIpc) is 2.75. The Bertz CT molecular complexity index is 547. The zero-order valence-electron chi connectivity index (χ0n) is 8.94. The highest BCUT2D eigenvalue weighted by Crippen LogP contribution is 2.26. The Labute approximate surface area is 94.3 Å². The molecule has 0 aliphatic carbocycles. The normalized spacial score (nSPS) is 20.0. The molecule has 1 fully saturated rings. The SMILES string of the molecule is O=C1C[C@H](c2ccc3ccccc3c2)CN1. The summed E-state index contributed by atoms with van der Waals surface area (Å²) >= 11 is 0. The van der Waals surface area contributed by atoms with E-state index in [0.717, 1.165) is 6.54 Å². The lowest BCUT2D eigenvalue weighted by Gasteiger charge is -2.08. The van der Waals surface area contributed by atoms with Crippen LogP contribution in [0.1, 0.15) is 17.9 Å². The lowest BCUT2D eigenvalue weighted by Crippen LogP contribution is -2.13. The van der Waals surface area contributed by atoms with Crippen LogP contribution >= 0.6 is 0 Å². The van der Waals surface area contributed by atoms with E-state index in [1.54, 1.807) is 0 Å². The highest BCUT2D eigenvalue weighted by molar-refractivity contribution is 5.84. The van der Waals surface area contributed by atoms with Crippen molar-refractivity contribution in [1.82, 2.24) is 5.32 Å². The summed E-state index contributed by atoms with van der Waals surface area (Å²) in [6, 6.07) is 14.8. The van der Waals surface area contributed by atoms with Crippen molar-refractivity contribution >= 4 is 16.7 Å². The number of nitrogens with one attached hydrogen (secondary N) is 1. The number of carbonyl (C=O) groups is 1. The van der Waals surface area contributed by atoms with E-state index in [0.29, 0.717) is 12.3 Å². The minimum absolute atomic E-state index is 0.165. The molecule has 0 bridgehead atoms. The number of hydrogen-bond acceptors (Lipinski definition) is 1. The minimum atomic E-state index is 0.165. The van der Waals surface area contributed by atoms with Gasteiger partial charge in [-0.3, -0.25) is 4.79 Å². The van der Waals surface area contributed by atoms with Gasteiger partial charge in [-0.2, -0.15) is 0 Å². The molecule has 1 atom stereocenters. The van der Waals surface area contributed by atoms with Gasteiger partial charge in [0.15, 0.2) is 0 Å². The van der Waals surface area contributed by atoms with Gasteiger partial charge in [0.1, 0.15) is 0 Å². The van der Waals surface area contributed by atoms with Crippen molar-refractivity contribution in [1.29, 1.82) is 0 Å². The second kappa shape index (κ2) is 3.63. The molecule has 2 heteroatoms. The molecule has 1 heterocycles. The average molecular weight is 211 g/mol. The summed E-state index contributed by atoms with van der Waals surface area (Å²) in [7, 11) is 0. The third kappa shape index (κ3) is 1.56. The Morgan fingerprint density at radius 3 is 2.62 bits per heavy atom. The summed E-state index contributed by atoms with van der Waals surface area (Å²) in [5, 5.41) is 5.38. The molecule has 2 aromatic carbocycles. The van der Waals surface area contributed by atoms with Gasteiger partial charge in [-0.15, -0.1) is 0 Å². The Morgan fingerprint density at radius 2 is 1.88 bits per heavy atom. The summed E-state index contributed by atoms with van der Waals surface area (Å²) in [4.78, 5) is 11.2. The third-order valence-electron chi connectivity index (χ3n) is 3.22. The van der Waals surface area contributed by atoms with Crippen molar-refractivity contribution in [3.8, 4) is 0 Å². The molecular weight excluding hydrogens is 198 g/mol. The van der Waals surface area contributed by atoms with Gasteiger partial charge in [0, 0.05) is 18.9 Å². The van der Waals surface area contributed by atoms with Crippen LogP contribution in [0.5, 0.6) is 0 Å². The summed E-state index contributed by atoms with van der Waals surface area (Å²) in [5.41, 5.74) is 1.26. The van der Waals surface area contributed by atoms with Crippen molar-refractivity contribution in [2.75, 3.05) is 6.54 Å². The van der Waals surface area contributed by atoms with Gasteiger partial charge in [-0.25, -0.2) is 0 Å². The zero-order valence-corrected chi connectivity index (χ0v) is 8.94. The molecule has 0 radical (unpaired) electrons. The van der Waals surface area contributed by atoms with E-state index in [4.69, 9.17) is 0 Å². The highest BCUT2D eigenvalue weighted by atomic mass is 16.1. The molecule has 1 saturated heterocycles. The van der Waals surface area contributed by atoms with Crippen LogP contribution < -0.4 is 5.32 Å².